The van der Waals surface area contributed by atoms with Gasteiger partial charge >= 0.3 is 6.16 Å². The van der Waals surface area contributed by atoms with E-state index in [0.29, 0.717) is 5.75 Å². The summed E-state index contributed by atoms with van der Waals surface area (Å²) < 4.78 is 0. The summed E-state index contributed by atoms with van der Waals surface area (Å²) >= 11 is 0. The van der Waals surface area contributed by atoms with Gasteiger partial charge in [0.2, 0.25) is 0 Å². The lowest BCUT2D eigenvalue weighted by molar-refractivity contribution is 0.137. The van der Waals surface area contributed by atoms with Gasteiger partial charge in [-0.05, 0) is 19.1 Å². The van der Waals surface area contributed by atoms with Crippen molar-refractivity contribution in [2.75, 3.05) is 0 Å². The molecule has 2 rings (SSSR count). The molecule has 0 amide bonds. The molecule has 3 N–H and O–H groups in total. The van der Waals surface area contributed by atoms with Gasteiger partial charge in [-0.3, -0.25) is 0 Å². The largest absolute Gasteiger partial charge is 0.508 e. The molecule has 96 valence electrons. The number of aryl methyl sites for hydroxylation is 1. The molecule has 0 atom stereocenters. The van der Waals surface area contributed by atoms with Gasteiger partial charge in [-0.2, -0.15) is 0 Å². The maximum atomic E-state index is 8.76. The van der Waals surface area contributed by atoms with E-state index in [1.54, 1.807) is 12.1 Å². The number of carbonyl (C=O) groups is 1. The minimum atomic E-state index is -1.83. The molecule has 0 bridgehead atoms. The average molecular weight is 248 g/mol. The first-order valence-electron chi connectivity index (χ1n) is 5.20. The maximum Gasteiger partial charge on any atom is 0.503 e. The van der Waals surface area contributed by atoms with Crippen LogP contribution in [-0.2, 0) is 0 Å². The number of aromatic hydroxyl groups is 1. The Morgan fingerprint density at radius 1 is 0.833 bits per heavy atom. The molecule has 0 unspecified atom stereocenters. The number of hydrogen-bond donors (Lipinski definition) is 3. The Morgan fingerprint density at radius 2 is 1.11 bits per heavy atom. The van der Waals surface area contributed by atoms with Gasteiger partial charge in [0.15, 0.2) is 0 Å². The number of carboxylic acid groups (broad SMARTS) is 2. The molecule has 2 aromatic carbocycles. The average Bonchev–Trinajstić information content (AvgIpc) is 2.35. The molecule has 0 saturated heterocycles. The van der Waals surface area contributed by atoms with Gasteiger partial charge in [0.1, 0.15) is 5.75 Å². The fraction of sp³-hybridized carbons (Fsp3) is 0.0714. The molecule has 0 aliphatic heterocycles. The Balaban J connectivity index is 0.000000257. The van der Waals surface area contributed by atoms with Crippen molar-refractivity contribution in [2.45, 2.75) is 6.92 Å². The molecule has 0 aromatic heterocycles. The van der Waals surface area contributed by atoms with E-state index in [1.165, 1.54) is 5.56 Å². The highest BCUT2D eigenvalue weighted by atomic mass is 16.6. The van der Waals surface area contributed by atoms with Crippen LogP contribution in [0, 0.1) is 6.92 Å². The second-order valence-electron chi connectivity index (χ2n) is 3.27. The van der Waals surface area contributed by atoms with Gasteiger partial charge in [0.25, 0.3) is 0 Å². The van der Waals surface area contributed by atoms with E-state index < -0.39 is 6.16 Å². The van der Waals surface area contributed by atoms with Crippen LogP contribution in [0.4, 0.5) is 4.79 Å². The third-order valence-corrected chi connectivity index (χ3v) is 1.70. The Labute approximate surface area is 106 Å². The molecule has 0 radical (unpaired) electrons. The third kappa shape index (κ3) is 11.6. The Bertz CT molecular complexity index is 372. The summed E-state index contributed by atoms with van der Waals surface area (Å²) in [4.78, 5) is 8.56. The first kappa shape index (κ1) is 15.5. The Morgan fingerprint density at radius 3 is 1.33 bits per heavy atom. The van der Waals surface area contributed by atoms with Crippen LogP contribution in [0.3, 0.4) is 0 Å². The normalized spacial score (nSPS) is 8.06. The van der Waals surface area contributed by atoms with Crippen molar-refractivity contribution >= 4 is 6.16 Å². The first-order chi connectivity index (χ1) is 8.52. The van der Waals surface area contributed by atoms with Gasteiger partial charge in [0, 0.05) is 0 Å². The minimum Gasteiger partial charge on any atom is -0.508 e. The van der Waals surface area contributed by atoms with E-state index >= 15 is 0 Å². The highest BCUT2D eigenvalue weighted by Crippen LogP contribution is 2.07. The van der Waals surface area contributed by atoms with Crippen LogP contribution in [0.1, 0.15) is 5.56 Å². The van der Waals surface area contributed by atoms with Gasteiger partial charge < -0.3 is 15.3 Å². The summed E-state index contributed by atoms with van der Waals surface area (Å²) in [6.45, 7) is 1.99. The monoisotopic (exact) mass is 248 g/mol. The molecular weight excluding hydrogens is 232 g/mol. The van der Waals surface area contributed by atoms with E-state index in [0.717, 1.165) is 0 Å². The fourth-order valence-electron chi connectivity index (χ4n) is 0.930. The molecule has 0 saturated carbocycles. The lowest BCUT2D eigenvalue weighted by Gasteiger charge is -1.89. The number of hydrogen-bond acceptors (Lipinski definition) is 2. The van der Waals surface area contributed by atoms with E-state index in [9.17, 15) is 0 Å². The topological polar surface area (TPSA) is 77.8 Å². The summed E-state index contributed by atoms with van der Waals surface area (Å²) in [6, 6.07) is 19.1. The zero-order valence-corrected chi connectivity index (χ0v) is 10.0. The second kappa shape index (κ2) is 9.72. The molecule has 0 spiro atoms. The van der Waals surface area contributed by atoms with Crippen LogP contribution in [0.25, 0.3) is 0 Å². The summed E-state index contributed by atoms with van der Waals surface area (Å²) in [5, 5.41) is 22.7. The van der Waals surface area contributed by atoms with Crippen LogP contribution < -0.4 is 0 Å². The first-order valence-corrected chi connectivity index (χ1v) is 5.20. The maximum absolute atomic E-state index is 8.76. The van der Waals surface area contributed by atoms with Crippen molar-refractivity contribution in [2.24, 2.45) is 0 Å². The van der Waals surface area contributed by atoms with Crippen LogP contribution in [0.5, 0.6) is 5.75 Å². The lowest BCUT2D eigenvalue weighted by Crippen LogP contribution is -1.81. The number of rotatable bonds is 0. The molecule has 0 aliphatic carbocycles. The van der Waals surface area contributed by atoms with E-state index in [-0.39, 0.29) is 0 Å². The standard InChI is InChI=1S/C7H8O.C6H6.CH2O3/c1-6-2-4-7(8)5-3-6;1-2-4-6-5-3-1;2-1(3)4/h2-5,8H,1H3;1-6H;(H2,2,3,4). The van der Waals surface area contributed by atoms with Crippen molar-refractivity contribution in [3.05, 3.63) is 66.2 Å². The van der Waals surface area contributed by atoms with Crippen molar-refractivity contribution in [1.29, 1.82) is 0 Å². The number of phenolic OH excluding ortho intramolecular Hbond substituents is 1. The second-order valence-corrected chi connectivity index (χ2v) is 3.27. The van der Waals surface area contributed by atoms with Gasteiger partial charge in [-0.25, -0.2) is 4.79 Å². The molecule has 0 aliphatic rings. The molecule has 18 heavy (non-hydrogen) atoms. The van der Waals surface area contributed by atoms with E-state index in [2.05, 4.69) is 0 Å². The zero-order chi connectivity index (χ0) is 13.8. The van der Waals surface area contributed by atoms with Crippen molar-refractivity contribution < 1.29 is 20.1 Å². The Hall–Kier alpha value is -2.49. The minimum absolute atomic E-state index is 0.329. The van der Waals surface area contributed by atoms with Crippen LogP contribution in [0.2, 0.25) is 0 Å². The quantitative estimate of drug-likeness (QED) is 0.665. The highest BCUT2D eigenvalue weighted by molar-refractivity contribution is 5.53. The molecule has 2 aromatic rings. The number of phenols is 1. The fourth-order valence-corrected chi connectivity index (χ4v) is 0.930. The lowest BCUT2D eigenvalue weighted by atomic mass is 10.2. The SMILES string of the molecule is Cc1ccc(O)cc1.O=C(O)O.c1ccccc1. The predicted octanol–water partition coefficient (Wildman–Crippen LogP) is 3.61. The Kier molecular flexibility index (Phi) is 8.37. The van der Waals surface area contributed by atoms with Gasteiger partial charge in [-0.15, -0.1) is 0 Å². The molecular formula is C14H16O4. The molecule has 4 heteroatoms. The molecule has 4 nitrogen and oxygen atoms in total. The summed E-state index contributed by atoms with van der Waals surface area (Å²) in [7, 11) is 0. The van der Waals surface area contributed by atoms with Gasteiger partial charge in [0.05, 0.1) is 0 Å². The molecule has 0 heterocycles. The molecule has 0 fully saturated rings. The summed E-state index contributed by atoms with van der Waals surface area (Å²) in [6.07, 6.45) is -1.83. The summed E-state index contributed by atoms with van der Waals surface area (Å²) in [5.41, 5.74) is 1.17. The van der Waals surface area contributed by atoms with Crippen molar-refractivity contribution in [3.8, 4) is 5.75 Å². The third-order valence-electron chi connectivity index (χ3n) is 1.70. The number of benzene rings is 2. The van der Waals surface area contributed by atoms with Crippen LogP contribution in [0.15, 0.2) is 60.7 Å². The van der Waals surface area contributed by atoms with Crippen molar-refractivity contribution in [1.82, 2.24) is 0 Å². The van der Waals surface area contributed by atoms with Crippen LogP contribution in [-0.4, -0.2) is 21.5 Å². The predicted molar refractivity (Wildman–Crippen MR) is 69.9 cm³/mol. The highest BCUT2D eigenvalue weighted by Gasteiger charge is 1.82. The van der Waals surface area contributed by atoms with E-state index in [1.807, 2.05) is 55.5 Å². The van der Waals surface area contributed by atoms with Crippen molar-refractivity contribution in [3.63, 3.8) is 0 Å². The smallest absolute Gasteiger partial charge is 0.503 e. The van der Waals surface area contributed by atoms with E-state index in [4.69, 9.17) is 20.1 Å². The van der Waals surface area contributed by atoms with Gasteiger partial charge in [-0.1, -0.05) is 54.1 Å². The summed E-state index contributed by atoms with van der Waals surface area (Å²) in [5.74, 6) is 0.329. The van der Waals surface area contributed by atoms with Crippen LogP contribution >= 0.6 is 0 Å². The zero-order valence-electron chi connectivity index (χ0n) is 10.0.